The fourth-order valence-electron chi connectivity index (χ4n) is 4.14. The number of nitrogens with zero attached hydrogens (tertiary/aromatic N) is 5. The summed E-state index contributed by atoms with van der Waals surface area (Å²) < 4.78 is 48.4. The number of nitrogens with one attached hydrogen (secondary N) is 1. The largest absolute Gasteiger partial charge is 0.355 e. The number of halogens is 3. The first-order valence-electron chi connectivity index (χ1n) is 11.9. The van der Waals surface area contributed by atoms with Crippen molar-refractivity contribution in [1.29, 1.82) is 0 Å². The summed E-state index contributed by atoms with van der Waals surface area (Å²) in [5.41, 5.74) is 1.74. The van der Waals surface area contributed by atoms with E-state index in [1.165, 1.54) is 18.2 Å². The van der Waals surface area contributed by atoms with Gasteiger partial charge in [0.25, 0.3) is 5.91 Å². The summed E-state index contributed by atoms with van der Waals surface area (Å²) >= 11 is 0. The van der Waals surface area contributed by atoms with Crippen LogP contribution in [0.5, 0.6) is 0 Å². The maximum absolute atomic E-state index is 14.2. The highest BCUT2D eigenvalue weighted by molar-refractivity contribution is 5.93. The van der Waals surface area contributed by atoms with Crippen molar-refractivity contribution in [2.24, 2.45) is 7.05 Å². The number of hydrogen-bond acceptors (Lipinski definition) is 6. The van der Waals surface area contributed by atoms with Crippen LogP contribution in [0.25, 0.3) is 22.6 Å². The molecule has 5 aromatic rings. The summed E-state index contributed by atoms with van der Waals surface area (Å²) in [4.78, 5) is 21.9. The SMILES string of the molecule is Cc1ncc(-c2cccc(C(C)(CNC(=O)c3cc(-c4ccc(F)cc4F)on3)c3cnn(C)c3)n2)cc1F. The van der Waals surface area contributed by atoms with Gasteiger partial charge >= 0.3 is 0 Å². The number of rotatable bonds is 7. The standard InChI is InChI=1S/C28H23F3N6O2/c1-16-21(30)9-17(12-32-16)23-5-4-6-26(35-23)28(2,18-13-34-37(3)14-18)15-33-27(38)24-11-25(39-36-24)20-8-7-19(29)10-22(20)31/h4-14H,15H2,1-3H3,(H,33,38). The van der Waals surface area contributed by atoms with E-state index < -0.39 is 28.8 Å². The third-order valence-electron chi connectivity index (χ3n) is 6.52. The number of pyridine rings is 2. The molecule has 39 heavy (non-hydrogen) atoms. The number of carbonyl (C=O) groups excluding carboxylic acids is 1. The van der Waals surface area contributed by atoms with Crippen molar-refractivity contribution < 1.29 is 22.5 Å². The molecule has 4 heterocycles. The van der Waals surface area contributed by atoms with Gasteiger partial charge in [-0.1, -0.05) is 11.2 Å². The van der Waals surface area contributed by atoms with Gasteiger partial charge in [-0.05, 0) is 44.2 Å². The van der Waals surface area contributed by atoms with Crippen LogP contribution in [-0.2, 0) is 12.5 Å². The molecule has 1 aromatic carbocycles. The van der Waals surface area contributed by atoms with Crippen LogP contribution in [0.1, 0.15) is 34.4 Å². The first-order chi connectivity index (χ1) is 18.6. The summed E-state index contributed by atoms with van der Waals surface area (Å²) in [6.07, 6.45) is 5.05. The number of carbonyl (C=O) groups is 1. The molecule has 1 amide bonds. The summed E-state index contributed by atoms with van der Waals surface area (Å²) in [5.74, 6) is -2.58. The van der Waals surface area contributed by atoms with Crippen LogP contribution in [0.4, 0.5) is 13.2 Å². The Labute approximate surface area is 221 Å². The zero-order chi connectivity index (χ0) is 27.7. The Morgan fingerprint density at radius 3 is 2.62 bits per heavy atom. The molecule has 1 N–H and O–H groups in total. The predicted octanol–water partition coefficient (Wildman–Crippen LogP) is 4.99. The van der Waals surface area contributed by atoms with E-state index in [-0.39, 0.29) is 29.3 Å². The molecule has 1 unspecified atom stereocenters. The van der Waals surface area contributed by atoms with Crippen LogP contribution in [0.15, 0.2) is 71.6 Å². The van der Waals surface area contributed by atoms with Crippen LogP contribution < -0.4 is 5.32 Å². The molecule has 1 atom stereocenters. The van der Waals surface area contributed by atoms with Crippen molar-refractivity contribution in [2.75, 3.05) is 6.54 Å². The smallest absolute Gasteiger partial charge is 0.273 e. The molecule has 5 rings (SSSR count). The summed E-state index contributed by atoms with van der Waals surface area (Å²) in [5, 5.41) is 10.9. The Morgan fingerprint density at radius 1 is 1.08 bits per heavy atom. The van der Waals surface area contributed by atoms with Crippen molar-refractivity contribution in [2.45, 2.75) is 19.3 Å². The summed E-state index contributed by atoms with van der Waals surface area (Å²) in [6.45, 7) is 3.56. The van der Waals surface area contributed by atoms with Crippen molar-refractivity contribution >= 4 is 5.91 Å². The van der Waals surface area contributed by atoms with E-state index in [1.54, 1.807) is 43.2 Å². The molecule has 0 aliphatic heterocycles. The second-order valence-electron chi connectivity index (χ2n) is 9.32. The van der Waals surface area contributed by atoms with Crippen molar-refractivity contribution in [1.82, 2.24) is 30.2 Å². The normalized spacial score (nSPS) is 12.8. The predicted molar refractivity (Wildman–Crippen MR) is 136 cm³/mol. The lowest BCUT2D eigenvalue weighted by atomic mass is 9.80. The van der Waals surface area contributed by atoms with Gasteiger partial charge in [-0.25, -0.2) is 13.2 Å². The third kappa shape index (κ3) is 5.15. The fourth-order valence-corrected chi connectivity index (χ4v) is 4.14. The van der Waals surface area contributed by atoms with Gasteiger partial charge in [0.05, 0.1) is 34.3 Å². The first-order valence-corrected chi connectivity index (χ1v) is 11.9. The van der Waals surface area contributed by atoms with E-state index in [9.17, 15) is 18.0 Å². The van der Waals surface area contributed by atoms with Crippen LogP contribution in [-0.4, -0.2) is 37.4 Å². The molecule has 0 aliphatic rings. The van der Waals surface area contributed by atoms with E-state index in [2.05, 4.69) is 20.6 Å². The van der Waals surface area contributed by atoms with E-state index in [1.807, 2.05) is 19.2 Å². The zero-order valence-corrected chi connectivity index (χ0v) is 21.2. The quantitative estimate of drug-likeness (QED) is 0.317. The van der Waals surface area contributed by atoms with E-state index in [4.69, 9.17) is 9.51 Å². The minimum absolute atomic E-state index is 0.0130. The lowest BCUT2D eigenvalue weighted by Gasteiger charge is -2.29. The van der Waals surface area contributed by atoms with Gasteiger partial charge in [0.1, 0.15) is 17.5 Å². The van der Waals surface area contributed by atoms with Crippen LogP contribution >= 0.6 is 0 Å². The average Bonchev–Trinajstić information content (AvgIpc) is 3.59. The van der Waals surface area contributed by atoms with E-state index >= 15 is 0 Å². The lowest BCUT2D eigenvalue weighted by Crippen LogP contribution is -2.40. The highest BCUT2D eigenvalue weighted by Crippen LogP contribution is 2.32. The van der Waals surface area contributed by atoms with Crippen LogP contribution in [0.2, 0.25) is 0 Å². The monoisotopic (exact) mass is 532 g/mol. The minimum atomic E-state index is -0.855. The van der Waals surface area contributed by atoms with Gasteiger partial charge in [-0.3, -0.25) is 19.4 Å². The summed E-state index contributed by atoms with van der Waals surface area (Å²) in [7, 11) is 1.78. The average molecular weight is 533 g/mol. The molecule has 8 nitrogen and oxygen atoms in total. The van der Waals surface area contributed by atoms with Gasteiger partial charge in [0.15, 0.2) is 11.5 Å². The fraction of sp³-hybridized carbons (Fsp3) is 0.179. The van der Waals surface area contributed by atoms with E-state index in [0.29, 0.717) is 17.0 Å². The highest BCUT2D eigenvalue weighted by Gasteiger charge is 2.33. The second-order valence-corrected chi connectivity index (χ2v) is 9.32. The van der Waals surface area contributed by atoms with Crippen molar-refractivity contribution in [3.05, 3.63) is 107 Å². The Balaban J connectivity index is 1.43. The third-order valence-corrected chi connectivity index (χ3v) is 6.52. The second kappa shape index (κ2) is 10.2. The van der Waals surface area contributed by atoms with Gasteiger partial charge in [0, 0.05) is 49.2 Å². The number of amides is 1. The number of benzene rings is 1. The molecule has 0 spiro atoms. The van der Waals surface area contributed by atoms with Crippen LogP contribution in [0.3, 0.4) is 0 Å². The van der Waals surface area contributed by atoms with Gasteiger partial charge in [0.2, 0.25) is 0 Å². The van der Waals surface area contributed by atoms with Gasteiger partial charge < -0.3 is 9.84 Å². The van der Waals surface area contributed by atoms with Crippen molar-refractivity contribution in [3.8, 4) is 22.6 Å². The molecule has 4 aromatic heterocycles. The summed E-state index contributed by atoms with van der Waals surface area (Å²) in [6, 6.07) is 11.0. The van der Waals surface area contributed by atoms with Gasteiger partial charge in [-0.2, -0.15) is 5.10 Å². The molecule has 11 heteroatoms. The molecule has 0 fully saturated rings. The number of aryl methyl sites for hydroxylation is 2. The molecule has 0 aliphatic carbocycles. The molecule has 0 saturated carbocycles. The number of hydrogen-bond donors (Lipinski definition) is 1. The van der Waals surface area contributed by atoms with E-state index in [0.717, 1.165) is 17.7 Å². The maximum atomic E-state index is 14.2. The molecular weight excluding hydrogens is 509 g/mol. The van der Waals surface area contributed by atoms with Gasteiger partial charge in [-0.15, -0.1) is 0 Å². The lowest BCUT2D eigenvalue weighted by molar-refractivity contribution is 0.0938. The Bertz CT molecular complexity index is 1680. The maximum Gasteiger partial charge on any atom is 0.273 e. The Kier molecular flexibility index (Phi) is 6.73. The number of aromatic nitrogens is 5. The van der Waals surface area contributed by atoms with Crippen molar-refractivity contribution in [3.63, 3.8) is 0 Å². The molecular formula is C28H23F3N6O2. The van der Waals surface area contributed by atoms with Crippen LogP contribution in [0, 0.1) is 24.4 Å². The Hall–Kier alpha value is -4.80. The first kappa shape index (κ1) is 25.8. The topological polar surface area (TPSA) is 98.7 Å². The Morgan fingerprint density at radius 2 is 1.90 bits per heavy atom. The zero-order valence-electron chi connectivity index (χ0n) is 21.2. The highest BCUT2D eigenvalue weighted by atomic mass is 19.1. The minimum Gasteiger partial charge on any atom is -0.355 e. The molecule has 0 bridgehead atoms. The molecule has 0 radical (unpaired) electrons. The molecule has 198 valence electrons. The molecule has 0 saturated heterocycles.